The van der Waals surface area contributed by atoms with E-state index >= 15 is 0 Å². The zero-order chi connectivity index (χ0) is 40.3. The molecule has 2 saturated heterocycles. The highest BCUT2D eigenvalue weighted by Gasteiger charge is 2.43. The number of ether oxygens (including phenoxy) is 3. The Bertz CT molecular complexity index is 2770. The van der Waals surface area contributed by atoms with E-state index in [2.05, 4.69) is 253 Å². The Balaban J connectivity index is 0.00000109. The van der Waals surface area contributed by atoms with Gasteiger partial charge in [-0.2, -0.15) is 0 Å². The van der Waals surface area contributed by atoms with Gasteiger partial charge in [0.25, 0.3) is 0 Å². The van der Waals surface area contributed by atoms with Crippen LogP contribution < -0.4 is 0 Å². The molecule has 250 valence electrons. The summed E-state index contributed by atoms with van der Waals surface area (Å²) in [6.07, 6.45) is -0.997. The number of carbonyl (C=O) groups is 1. The summed E-state index contributed by atoms with van der Waals surface area (Å²) in [5, 5.41) is 8.38. The van der Waals surface area contributed by atoms with Gasteiger partial charge in [0.15, 0.2) is 6.29 Å². The Morgan fingerprint density at radius 3 is 0.857 bits per heavy atom. The molecule has 1 N–H and O–H groups in total. The van der Waals surface area contributed by atoms with Crippen molar-refractivity contribution in [3.8, 4) is 249 Å². The van der Waals surface area contributed by atoms with Gasteiger partial charge < -0.3 is 19.3 Å². The predicted molar refractivity (Wildman–Crippen MR) is 211 cm³/mol. The molecule has 5 heteroatoms. The summed E-state index contributed by atoms with van der Waals surface area (Å²) in [7, 11) is 0. The molecule has 2 fully saturated rings. The fraction of sp³-hybridized carbons (Fsp3) is 0.157. The summed E-state index contributed by atoms with van der Waals surface area (Å²) >= 11 is 0. The first-order chi connectivity index (χ1) is 27.7. The van der Waals surface area contributed by atoms with Crippen LogP contribution in [0.3, 0.4) is 0 Å². The second-order valence-electron chi connectivity index (χ2n) is 8.45. The lowest BCUT2D eigenvalue weighted by Crippen LogP contribution is -2.25. The number of carboxylic acid groups (broad SMARTS) is 1. The third kappa shape index (κ3) is 27.9. The van der Waals surface area contributed by atoms with Crippen molar-refractivity contribution < 1.29 is 24.1 Å². The van der Waals surface area contributed by atoms with Crippen LogP contribution in [0.2, 0.25) is 0 Å². The van der Waals surface area contributed by atoms with Crippen LogP contribution in [-0.2, 0) is 14.2 Å². The molecule has 3 unspecified atom stereocenters. The lowest BCUT2D eigenvalue weighted by atomic mass is 10.0. The zero-order valence-electron chi connectivity index (χ0n) is 29.4. The fourth-order valence-electron chi connectivity index (χ4n) is 2.99. The van der Waals surface area contributed by atoms with E-state index in [0.717, 1.165) is 6.42 Å². The number of rotatable bonds is 1. The van der Waals surface area contributed by atoms with E-state index in [-0.39, 0.29) is 18.3 Å². The van der Waals surface area contributed by atoms with E-state index in [1.807, 2.05) is 0 Å². The molecule has 2 aliphatic rings. The second-order valence-corrected chi connectivity index (χ2v) is 8.45. The zero-order valence-corrected chi connectivity index (χ0v) is 29.4. The monoisotopic (exact) mass is 708 g/mol. The second kappa shape index (κ2) is 34.8. The lowest BCUT2D eigenvalue weighted by Gasteiger charge is -2.12. The lowest BCUT2D eigenvalue weighted by molar-refractivity contribution is -0.0908. The van der Waals surface area contributed by atoms with Gasteiger partial charge in [0.1, 0.15) is 6.10 Å². The third-order valence-electron chi connectivity index (χ3n) is 4.92. The van der Waals surface area contributed by atoms with Gasteiger partial charge in [-0.15, -0.1) is 0 Å². The van der Waals surface area contributed by atoms with Gasteiger partial charge in [0.2, 0.25) is 0 Å². The topological polar surface area (TPSA) is 65.0 Å². The van der Waals surface area contributed by atoms with Gasteiger partial charge in [0, 0.05) is 142 Å². The van der Waals surface area contributed by atoms with E-state index < -0.39 is 6.16 Å². The fourth-order valence-corrected chi connectivity index (χ4v) is 2.99. The van der Waals surface area contributed by atoms with Crippen LogP contribution in [0, 0.1) is 255 Å². The largest absolute Gasteiger partial charge is 0.506 e. The molecule has 0 spiro atoms. The Labute approximate surface area is 329 Å². The van der Waals surface area contributed by atoms with Crippen LogP contribution in [-0.4, -0.2) is 36.9 Å². The van der Waals surface area contributed by atoms with Crippen molar-refractivity contribution in [3.05, 3.63) is 0 Å². The van der Waals surface area contributed by atoms with Crippen LogP contribution in [0.15, 0.2) is 0 Å². The van der Waals surface area contributed by atoms with Gasteiger partial charge in [-0.25, -0.2) is 4.79 Å². The van der Waals surface area contributed by atoms with E-state index in [9.17, 15) is 4.79 Å². The normalized spacial score (nSPS) is 11.6. The average Bonchev–Trinajstić information content (AvgIpc) is 3.82. The minimum absolute atomic E-state index is 0.0982. The highest BCUT2D eigenvalue weighted by atomic mass is 16.7. The Morgan fingerprint density at radius 2 is 0.643 bits per heavy atom. The molecule has 0 saturated carbocycles. The van der Waals surface area contributed by atoms with Crippen LogP contribution in [0.4, 0.5) is 4.79 Å². The molecule has 0 radical (unpaired) electrons. The van der Waals surface area contributed by atoms with Crippen molar-refractivity contribution >= 4 is 6.16 Å². The Morgan fingerprint density at radius 1 is 0.411 bits per heavy atom. The molecule has 0 bridgehead atoms. The summed E-state index contributed by atoms with van der Waals surface area (Å²) in [5.41, 5.74) is 0. The maximum atomic E-state index is 10.2. The van der Waals surface area contributed by atoms with Crippen molar-refractivity contribution in [3.63, 3.8) is 0 Å². The Hall–Kier alpha value is -10.0. The first kappa shape index (κ1) is 44.0. The minimum atomic E-state index is -1.24. The Kier molecular flexibility index (Phi) is 27.3. The molecule has 56 heavy (non-hydrogen) atoms. The summed E-state index contributed by atoms with van der Waals surface area (Å²) in [6.45, 7) is 4.33. The first-order valence-electron chi connectivity index (χ1n) is 15.1. The van der Waals surface area contributed by atoms with E-state index in [0.29, 0.717) is 13.2 Å². The number of hydrogen-bond donors (Lipinski definition) is 1. The SMILES string of the molecule is CC#CC#CC#CC#CC#CC#CC#CC#CC#CC#CC#CC#CC#CC#CC#CC#CC#CC#CC#CC#CC#CC.O=C(O)OC1COC2OCCC12. The number of fused-ring (bicyclic) bond motifs is 1. The molecule has 0 aromatic carbocycles. The maximum Gasteiger partial charge on any atom is 0.506 e. The molecule has 0 aliphatic carbocycles. The molecule has 0 aromatic rings. The molecule has 3 atom stereocenters. The van der Waals surface area contributed by atoms with Crippen molar-refractivity contribution in [2.24, 2.45) is 5.92 Å². The molecule has 0 amide bonds. The van der Waals surface area contributed by atoms with Crippen LogP contribution >= 0.6 is 0 Å². The summed E-state index contributed by atoms with van der Waals surface area (Å²) in [4.78, 5) is 10.2. The van der Waals surface area contributed by atoms with Gasteiger partial charge in [-0.05, 0) is 115 Å². The molecule has 0 aromatic heterocycles. The highest BCUT2D eigenvalue weighted by molar-refractivity contribution is 5.57. The molecular weight excluding hydrogens is 693 g/mol. The van der Waals surface area contributed by atoms with Gasteiger partial charge in [-0.1, -0.05) is 11.8 Å². The van der Waals surface area contributed by atoms with Gasteiger partial charge >= 0.3 is 6.16 Å². The standard InChI is InChI=1S/C44H6.C7H10O5/c1-3-5-7-9-11-13-15-17-19-21-23-25-27-29-31-33-35-37-39-41-43-44-42-40-38-36-34-32-30-28-26-24-22-20-18-16-14-12-10-8-6-4-2;8-7(9)12-5-3-11-6-4(5)1-2-10-6/h1-2H3;4-6H,1-3H2,(H,8,9). The van der Waals surface area contributed by atoms with E-state index in [1.54, 1.807) is 13.8 Å². The molecule has 2 heterocycles. The average molecular weight is 709 g/mol. The predicted octanol–water partition coefficient (Wildman–Crippen LogP) is 1.54. The van der Waals surface area contributed by atoms with Crippen molar-refractivity contribution in [1.82, 2.24) is 0 Å². The van der Waals surface area contributed by atoms with Gasteiger partial charge in [-0.3, -0.25) is 0 Å². The highest BCUT2D eigenvalue weighted by Crippen LogP contribution is 2.32. The quantitative estimate of drug-likeness (QED) is 0.331. The molecule has 2 aliphatic heterocycles. The number of hydrogen-bond acceptors (Lipinski definition) is 4. The minimum Gasteiger partial charge on any atom is -0.450 e. The summed E-state index contributed by atoms with van der Waals surface area (Å²) in [6, 6.07) is 0. The van der Waals surface area contributed by atoms with Crippen molar-refractivity contribution in [1.29, 1.82) is 0 Å². The van der Waals surface area contributed by atoms with Crippen molar-refractivity contribution in [2.75, 3.05) is 13.2 Å². The van der Waals surface area contributed by atoms with Crippen LogP contribution in [0.5, 0.6) is 0 Å². The third-order valence-corrected chi connectivity index (χ3v) is 4.92. The van der Waals surface area contributed by atoms with Crippen LogP contribution in [0.1, 0.15) is 20.3 Å². The molecule has 2 rings (SSSR count). The van der Waals surface area contributed by atoms with Gasteiger partial charge in [0.05, 0.1) is 19.1 Å². The molecule has 5 nitrogen and oxygen atoms in total. The van der Waals surface area contributed by atoms with Crippen LogP contribution in [0.25, 0.3) is 0 Å². The van der Waals surface area contributed by atoms with Crippen molar-refractivity contribution in [2.45, 2.75) is 32.7 Å². The van der Waals surface area contributed by atoms with E-state index in [4.69, 9.17) is 14.6 Å². The first-order valence-corrected chi connectivity index (χ1v) is 15.1. The van der Waals surface area contributed by atoms with E-state index in [1.165, 1.54) is 0 Å². The summed E-state index contributed by atoms with van der Waals surface area (Å²) in [5.74, 6) is 106. The maximum absolute atomic E-state index is 10.2. The smallest absolute Gasteiger partial charge is 0.450 e. The molecular formula is C51H16O5. The summed E-state index contributed by atoms with van der Waals surface area (Å²) < 4.78 is 15.0.